The van der Waals surface area contributed by atoms with Crippen LogP contribution in [0.5, 0.6) is 0 Å². The molecule has 2 amide bonds. The van der Waals surface area contributed by atoms with Gasteiger partial charge in [0.15, 0.2) is 0 Å². The lowest BCUT2D eigenvalue weighted by Gasteiger charge is -2.17. The van der Waals surface area contributed by atoms with Gasteiger partial charge in [-0.2, -0.15) is 0 Å². The Morgan fingerprint density at radius 3 is 2.68 bits per heavy atom. The zero-order valence-electron chi connectivity index (χ0n) is 10.9. The minimum Gasteiger partial charge on any atom is -0.481 e. The molecule has 19 heavy (non-hydrogen) atoms. The van der Waals surface area contributed by atoms with E-state index in [0.717, 1.165) is 5.56 Å². The standard InChI is InChI=1S/C13H17FN2O3/c1-9-5-6-11(10(14)8-9)15-13(19)16(2)7-3-4-12(17)18/h5-6,8H,3-4,7H2,1-2H3,(H,15,19)(H,17,18). The molecule has 0 saturated heterocycles. The summed E-state index contributed by atoms with van der Waals surface area (Å²) in [5, 5.41) is 10.9. The first-order chi connectivity index (χ1) is 8.90. The highest BCUT2D eigenvalue weighted by molar-refractivity contribution is 5.89. The number of carboxylic acids is 1. The van der Waals surface area contributed by atoms with Crippen molar-refractivity contribution in [3.63, 3.8) is 0 Å². The third-order valence-corrected chi connectivity index (χ3v) is 2.60. The summed E-state index contributed by atoms with van der Waals surface area (Å²) < 4.78 is 13.5. The summed E-state index contributed by atoms with van der Waals surface area (Å²) in [6.45, 7) is 2.05. The molecule has 1 aromatic carbocycles. The third kappa shape index (κ3) is 4.95. The second-order valence-electron chi connectivity index (χ2n) is 4.33. The lowest BCUT2D eigenvalue weighted by Crippen LogP contribution is -2.32. The summed E-state index contributed by atoms with van der Waals surface area (Å²) in [4.78, 5) is 23.4. The van der Waals surface area contributed by atoms with E-state index < -0.39 is 17.8 Å². The summed E-state index contributed by atoms with van der Waals surface area (Å²) in [6.07, 6.45) is 0.353. The molecule has 2 N–H and O–H groups in total. The van der Waals surface area contributed by atoms with E-state index in [0.29, 0.717) is 13.0 Å². The van der Waals surface area contributed by atoms with Crippen LogP contribution < -0.4 is 5.32 Å². The largest absolute Gasteiger partial charge is 0.481 e. The van der Waals surface area contributed by atoms with Crippen molar-refractivity contribution < 1.29 is 19.1 Å². The van der Waals surface area contributed by atoms with Crippen LogP contribution in [0.2, 0.25) is 0 Å². The van der Waals surface area contributed by atoms with Gasteiger partial charge in [-0.05, 0) is 31.0 Å². The first kappa shape index (κ1) is 14.9. The van der Waals surface area contributed by atoms with Crippen molar-refractivity contribution in [3.05, 3.63) is 29.6 Å². The highest BCUT2D eigenvalue weighted by Crippen LogP contribution is 2.15. The number of nitrogens with one attached hydrogen (secondary N) is 1. The zero-order valence-corrected chi connectivity index (χ0v) is 10.9. The molecule has 0 heterocycles. The van der Waals surface area contributed by atoms with Crippen molar-refractivity contribution in [3.8, 4) is 0 Å². The maximum atomic E-state index is 13.5. The molecule has 1 rings (SSSR count). The second-order valence-corrected chi connectivity index (χ2v) is 4.33. The van der Waals surface area contributed by atoms with Crippen LogP contribution in [0.15, 0.2) is 18.2 Å². The third-order valence-electron chi connectivity index (χ3n) is 2.60. The molecular formula is C13H17FN2O3. The Morgan fingerprint density at radius 1 is 1.42 bits per heavy atom. The van der Waals surface area contributed by atoms with Gasteiger partial charge in [0.1, 0.15) is 5.82 Å². The van der Waals surface area contributed by atoms with Gasteiger partial charge in [-0.25, -0.2) is 9.18 Å². The molecule has 0 atom stereocenters. The zero-order chi connectivity index (χ0) is 14.4. The van der Waals surface area contributed by atoms with Crippen LogP contribution in [0.3, 0.4) is 0 Å². The minimum atomic E-state index is -0.904. The van der Waals surface area contributed by atoms with Gasteiger partial charge in [0, 0.05) is 20.0 Å². The van der Waals surface area contributed by atoms with Crippen molar-refractivity contribution in [1.82, 2.24) is 4.90 Å². The van der Waals surface area contributed by atoms with Gasteiger partial charge in [0.05, 0.1) is 5.69 Å². The van der Waals surface area contributed by atoms with Gasteiger partial charge < -0.3 is 15.3 Å². The van der Waals surface area contributed by atoms with Gasteiger partial charge in [-0.1, -0.05) is 6.07 Å². The smallest absolute Gasteiger partial charge is 0.321 e. The number of carboxylic acid groups (broad SMARTS) is 1. The highest BCUT2D eigenvalue weighted by atomic mass is 19.1. The van der Waals surface area contributed by atoms with Gasteiger partial charge in [0.25, 0.3) is 0 Å². The molecule has 0 aromatic heterocycles. The van der Waals surface area contributed by atoms with E-state index in [1.54, 1.807) is 13.0 Å². The van der Waals surface area contributed by atoms with Crippen LogP contribution in [-0.2, 0) is 4.79 Å². The Balaban J connectivity index is 2.51. The van der Waals surface area contributed by atoms with E-state index >= 15 is 0 Å². The number of amides is 2. The fourth-order valence-corrected chi connectivity index (χ4v) is 1.50. The van der Waals surface area contributed by atoms with Crippen LogP contribution in [0.4, 0.5) is 14.9 Å². The quantitative estimate of drug-likeness (QED) is 0.861. The molecule has 1 aromatic rings. The van der Waals surface area contributed by atoms with Crippen LogP contribution in [0.25, 0.3) is 0 Å². The number of nitrogens with zero attached hydrogens (tertiary/aromatic N) is 1. The predicted octanol–water partition coefficient (Wildman–Crippen LogP) is 2.46. The van der Waals surface area contributed by atoms with Crippen LogP contribution >= 0.6 is 0 Å². The fourth-order valence-electron chi connectivity index (χ4n) is 1.50. The second kappa shape index (κ2) is 6.72. The number of carbonyl (C=O) groups excluding carboxylic acids is 1. The van der Waals surface area contributed by atoms with E-state index in [2.05, 4.69) is 5.32 Å². The van der Waals surface area contributed by atoms with E-state index in [4.69, 9.17) is 5.11 Å². The van der Waals surface area contributed by atoms with E-state index in [-0.39, 0.29) is 12.1 Å². The molecule has 0 aliphatic heterocycles. The Kier molecular flexibility index (Phi) is 5.29. The van der Waals surface area contributed by atoms with E-state index in [1.807, 2.05) is 0 Å². The van der Waals surface area contributed by atoms with Gasteiger partial charge in [-0.3, -0.25) is 4.79 Å². The van der Waals surface area contributed by atoms with Crippen LogP contribution in [0, 0.1) is 12.7 Å². The monoisotopic (exact) mass is 268 g/mol. The molecule has 104 valence electrons. The Morgan fingerprint density at radius 2 is 2.11 bits per heavy atom. The number of aliphatic carboxylic acids is 1. The van der Waals surface area contributed by atoms with E-state index in [1.165, 1.54) is 24.1 Å². The molecule has 0 fully saturated rings. The summed E-state index contributed by atoms with van der Waals surface area (Å²) in [5.41, 5.74) is 0.881. The van der Waals surface area contributed by atoms with E-state index in [9.17, 15) is 14.0 Å². The van der Waals surface area contributed by atoms with Crippen molar-refractivity contribution in [2.45, 2.75) is 19.8 Å². The number of halogens is 1. The molecule has 0 saturated carbocycles. The van der Waals surface area contributed by atoms with Gasteiger partial charge in [-0.15, -0.1) is 0 Å². The molecule has 0 aliphatic carbocycles. The maximum absolute atomic E-state index is 13.5. The van der Waals surface area contributed by atoms with Crippen molar-refractivity contribution in [2.24, 2.45) is 0 Å². The molecule has 0 unspecified atom stereocenters. The summed E-state index contributed by atoms with van der Waals surface area (Å²) in [7, 11) is 1.53. The molecule has 6 heteroatoms. The number of aryl methyl sites for hydroxylation is 1. The average Bonchev–Trinajstić information content (AvgIpc) is 2.32. The number of anilines is 1. The Hall–Kier alpha value is -2.11. The molecule has 0 aliphatic rings. The topological polar surface area (TPSA) is 69.6 Å². The van der Waals surface area contributed by atoms with Crippen molar-refractivity contribution in [1.29, 1.82) is 0 Å². The minimum absolute atomic E-state index is 0.00346. The normalized spacial score (nSPS) is 10.1. The number of urea groups is 1. The maximum Gasteiger partial charge on any atom is 0.321 e. The number of hydrogen-bond acceptors (Lipinski definition) is 2. The lowest BCUT2D eigenvalue weighted by atomic mass is 10.2. The van der Waals surface area contributed by atoms with Crippen LogP contribution in [0.1, 0.15) is 18.4 Å². The molecule has 5 nitrogen and oxygen atoms in total. The molecule has 0 radical (unpaired) electrons. The number of hydrogen-bond donors (Lipinski definition) is 2. The highest BCUT2D eigenvalue weighted by Gasteiger charge is 2.11. The number of carbonyl (C=O) groups is 2. The first-order valence-corrected chi connectivity index (χ1v) is 5.90. The summed E-state index contributed by atoms with van der Waals surface area (Å²) in [6, 6.07) is 4.06. The number of benzene rings is 1. The average molecular weight is 268 g/mol. The molecule has 0 bridgehead atoms. The Bertz CT molecular complexity index is 477. The summed E-state index contributed by atoms with van der Waals surface area (Å²) >= 11 is 0. The van der Waals surface area contributed by atoms with Crippen molar-refractivity contribution >= 4 is 17.7 Å². The Labute approximate surface area is 111 Å². The van der Waals surface area contributed by atoms with Gasteiger partial charge >= 0.3 is 12.0 Å². The summed E-state index contributed by atoms with van der Waals surface area (Å²) in [5.74, 6) is -1.40. The van der Waals surface area contributed by atoms with Gasteiger partial charge in [0.2, 0.25) is 0 Å². The molecular weight excluding hydrogens is 251 g/mol. The molecule has 0 spiro atoms. The van der Waals surface area contributed by atoms with Crippen molar-refractivity contribution in [2.75, 3.05) is 18.9 Å². The predicted molar refractivity (Wildman–Crippen MR) is 69.7 cm³/mol. The number of rotatable bonds is 5. The SMILES string of the molecule is Cc1ccc(NC(=O)N(C)CCCC(=O)O)c(F)c1. The van der Waals surface area contributed by atoms with Crippen LogP contribution in [-0.4, -0.2) is 35.6 Å². The fraction of sp³-hybridized carbons (Fsp3) is 0.385. The first-order valence-electron chi connectivity index (χ1n) is 5.90. The lowest BCUT2D eigenvalue weighted by molar-refractivity contribution is -0.137.